The van der Waals surface area contributed by atoms with Gasteiger partial charge < -0.3 is 15.0 Å². The Labute approximate surface area is 134 Å². The Morgan fingerprint density at radius 3 is 2.78 bits per heavy atom. The molecule has 3 heterocycles. The Hall–Kier alpha value is -2.14. The maximum atomic E-state index is 13.0. The molecule has 2 saturated heterocycles. The van der Waals surface area contributed by atoms with Crippen molar-refractivity contribution in [2.75, 3.05) is 11.4 Å². The number of nitrogens with one attached hydrogen (secondary N) is 1. The summed E-state index contributed by atoms with van der Waals surface area (Å²) >= 11 is 0. The molecule has 118 valence electrons. The molecule has 2 amide bonds. The third kappa shape index (κ3) is 1.83. The van der Waals surface area contributed by atoms with Crippen LogP contribution >= 0.6 is 0 Å². The van der Waals surface area contributed by atoms with Crippen molar-refractivity contribution in [1.82, 2.24) is 5.32 Å². The molecule has 1 spiro atoms. The van der Waals surface area contributed by atoms with Crippen molar-refractivity contribution in [2.45, 2.75) is 30.6 Å². The normalized spacial score (nSPS) is 37.3. The first-order chi connectivity index (χ1) is 11.2. The van der Waals surface area contributed by atoms with Crippen LogP contribution in [0.4, 0.5) is 5.69 Å². The van der Waals surface area contributed by atoms with Gasteiger partial charge in [0.1, 0.15) is 5.60 Å². The molecule has 0 unspecified atom stereocenters. The average molecular weight is 310 g/mol. The second kappa shape index (κ2) is 4.45. The molecule has 4 atom stereocenters. The van der Waals surface area contributed by atoms with E-state index >= 15 is 0 Å². The number of amides is 2. The summed E-state index contributed by atoms with van der Waals surface area (Å²) in [5, 5.41) is 3.04. The van der Waals surface area contributed by atoms with Gasteiger partial charge in [-0.3, -0.25) is 9.59 Å². The minimum Gasteiger partial charge on any atom is -0.360 e. The van der Waals surface area contributed by atoms with Gasteiger partial charge in [-0.25, -0.2) is 0 Å². The standard InChI is InChI=1S/C18H18N2O3/c21-16(19-11-6-7-11)14-13-8-9-18(23-13)10-20(17(22)15(14)18)12-4-2-1-3-5-12/h1-5,8-9,11,13-15H,6-7,10H2,(H,19,21)/t13-,14-,15-,18-/m0/s1. The van der Waals surface area contributed by atoms with Crippen molar-refractivity contribution in [3.8, 4) is 0 Å². The highest BCUT2D eigenvalue weighted by Gasteiger charge is 2.67. The van der Waals surface area contributed by atoms with Crippen LogP contribution in [-0.4, -0.2) is 36.1 Å². The number of carbonyl (C=O) groups is 2. The van der Waals surface area contributed by atoms with Gasteiger partial charge in [-0.2, -0.15) is 0 Å². The molecule has 0 radical (unpaired) electrons. The van der Waals surface area contributed by atoms with E-state index < -0.39 is 17.4 Å². The van der Waals surface area contributed by atoms with Crippen LogP contribution in [0.15, 0.2) is 42.5 Å². The highest BCUT2D eigenvalue weighted by atomic mass is 16.5. The fraction of sp³-hybridized carbons (Fsp3) is 0.444. The molecule has 5 nitrogen and oxygen atoms in total. The zero-order valence-electron chi connectivity index (χ0n) is 12.6. The van der Waals surface area contributed by atoms with Gasteiger partial charge in [0.25, 0.3) is 0 Å². The summed E-state index contributed by atoms with van der Waals surface area (Å²) in [5.74, 6) is -0.839. The van der Waals surface area contributed by atoms with Gasteiger partial charge in [0.05, 0.1) is 24.5 Å². The van der Waals surface area contributed by atoms with Crippen LogP contribution in [-0.2, 0) is 14.3 Å². The Balaban J connectivity index is 1.48. The van der Waals surface area contributed by atoms with E-state index in [1.165, 1.54) is 0 Å². The first-order valence-electron chi connectivity index (χ1n) is 8.22. The molecule has 1 aliphatic carbocycles. The predicted octanol–water partition coefficient (Wildman–Crippen LogP) is 1.25. The quantitative estimate of drug-likeness (QED) is 0.855. The van der Waals surface area contributed by atoms with Crippen molar-refractivity contribution in [3.05, 3.63) is 42.5 Å². The molecule has 3 aliphatic heterocycles. The number of anilines is 1. The van der Waals surface area contributed by atoms with Gasteiger partial charge >= 0.3 is 0 Å². The number of rotatable bonds is 3. The summed E-state index contributed by atoms with van der Waals surface area (Å²) in [4.78, 5) is 27.4. The van der Waals surface area contributed by atoms with Crippen molar-refractivity contribution in [1.29, 1.82) is 0 Å². The van der Waals surface area contributed by atoms with E-state index in [4.69, 9.17) is 4.74 Å². The smallest absolute Gasteiger partial charge is 0.234 e. The number of para-hydroxylation sites is 1. The number of carbonyl (C=O) groups excluding carboxylic acids is 2. The molecular formula is C18H18N2O3. The Morgan fingerprint density at radius 2 is 2.04 bits per heavy atom. The summed E-state index contributed by atoms with van der Waals surface area (Å²) in [7, 11) is 0. The van der Waals surface area contributed by atoms with Crippen LogP contribution in [0.3, 0.4) is 0 Å². The van der Waals surface area contributed by atoms with Crippen LogP contribution in [0, 0.1) is 11.8 Å². The molecule has 1 aromatic rings. The van der Waals surface area contributed by atoms with Crippen molar-refractivity contribution in [2.24, 2.45) is 11.8 Å². The zero-order chi connectivity index (χ0) is 15.6. The Morgan fingerprint density at radius 1 is 1.26 bits per heavy atom. The molecule has 1 aromatic carbocycles. The number of hydrogen-bond acceptors (Lipinski definition) is 3. The fourth-order valence-electron chi connectivity index (χ4n) is 4.15. The molecule has 5 heteroatoms. The van der Waals surface area contributed by atoms with Gasteiger partial charge in [0, 0.05) is 11.7 Å². The number of benzene rings is 1. The largest absolute Gasteiger partial charge is 0.360 e. The lowest BCUT2D eigenvalue weighted by atomic mass is 9.77. The topological polar surface area (TPSA) is 58.6 Å². The van der Waals surface area contributed by atoms with E-state index in [9.17, 15) is 9.59 Å². The van der Waals surface area contributed by atoms with Crippen LogP contribution in [0.5, 0.6) is 0 Å². The number of fused-ring (bicyclic) bond motifs is 1. The molecule has 1 saturated carbocycles. The predicted molar refractivity (Wildman–Crippen MR) is 83.7 cm³/mol. The van der Waals surface area contributed by atoms with Crippen molar-refractivity contribution in [3.63, 3.8) is 0 Å². The van der Waals surface area contributed by atoms with Gasteiger partial charge in [-0.05, 0) is 25.0 Å². The number of ether oxygens (including phenoxy) is 1. The summed E-state index contributed by atoms with van der Waals surface area (Å²) in [5.41, 5.74) is 0.228. The first-order valence-corrected chi connectivity index (χ1v) is 8.22. The SMILES string of the molecule is O=C(NC1CC1)[C@H]1[C@@H]2C=C[C@@]3(CN(c4ccccc4)C(=O)[C@H]13)O2. The van der Waals surface area contributed by atoms with Gasteiger partial charge in [0.2, 0.25) is 11.8 Å². The second-order valence-corrected chi connectivity index (χ2v) is 6.94. The average Bonchev–Trinajstić information content (AvgIpc) is 3.09. The van der Waals surface area contributed by atoms with Crippen molar-refractivity contribution < 1.29 is 14.3 Å². The molecule has 3 fully saturated rings. The second-order valence-electron chi connectivity index (χ2n) is 6.94. The fourth-order valence-corrected chi connectivity index (χ4v) is 4.15. The number of hydrogen-bond donors (Lipinski definition) is 1. The number of nitrogens with zero attached hydrogens (tertiary/aromatic N) is 1. The lowest BCUT2D eigenvalue weighted by molar-refractivity contribution is -0.132. The van der Waals surface area contributed by atoms with E-state index in [0.29, 0.717) is 12.6 Å². The lowest BCUT2D eigenvalue weighted by Gasteiger charge is -2.23. The van der Waals surface area contributed by atoms with Gasteiger partial charge in [-0.15, -0.1) is 0 Å². The third-order valence-corrected chi connectivity index (χ3v) is 5.39. The Bertz CT molecular complexity index is 712. The third-order valence-electron chi connectivity index (χ3n) is 5.39. The molecule has 23 heavy (non-hydrogen) atoms. The van der Waals surface area contributed by atoms with E-state index in [0.717, 1.165) is 18.5 Å². The first kappa shape index (κ1) is 13.3. The highest BCUT2D eigenvalue weighted by molar-refractivity contribution is 6.03. The van der Waals surface area contributed by atoms with Gasteiger partial charge in [-0.1, -0.05) is 30.4 Å². The molecular weight excluding hydrogens is 292 g/mol. The summed E-state index contributed by atoms with van der Waals surface area (Å²) in [6.07, 6.45) is 5.76. The van der Waals surface area contributed by atoms with Crippen molar-refractivity contribution >= 4 is 17.5 Å². The molecule has 4 aliphatic rings. The zero-order valence-corrected chi connectivity index (χ0v) is 12.6. The summed E-state index contributed by atoms with van der Waals surface area (Å²) < 4.78 is 6.11. The maximum Gasteiger partial charge on any atom is 0.234 e. The monoisotopic (exact) mass is 310 g/mol. The summed E-state index contributed by atoms with van der Waals surface area (Å²) in [6, 6.07) is 9.90. The summed E-state index contributed by atoms with van der Waals surface area (Å²) in [6.45, 7) is 0.487. The Kier molecular flexibility index (Phi) is 2.57. The van der Waals surface area contributed by atoms with E-state index in [1.807, 2.05) is 42.5 Å². The highest BCUT2D eigenvalue weighted by Crippen LogP contribution is 2.52. The molecule has 0 aromatic heterocycles. The molecule has 2 bridgehead atoms. The molecule has 5 rings (SSSR count). The van der Waals surface area contributed by atoms with Crippen LogP contribution < -0.4 is 10.2 Å². The van der Waals surface area contributed by atoms with Crippen LogP contribution in [0.1, 0.15) is 12.8 Å². The molecule has 1 N–H and O–H groups in total. The van der Waals surface area contributed by atoms with E-state index in [1.54, 1.807) is 4.90 Å². The van der Waals surface area contributed by atoms with Gasteiger partial charge in [0.15, 0.2) is 0 Å². The minimum atomic E-state index is -0.636. The maximum absolute atomic E-state index is 13.0. The lowest BCUT2D eigenvalue weighted by Crippen LogP contribution is -2.44. The van der Waals surface area contributed by atoms with E-state index in [-0.39, 0.29) is 17.9 Å². The van der Waals surface area contributed by atoms with E-state index in [2.05, 4.69) is 5.32 Å². The van der Waals surface area contributed by atoms with Crippen LogP contribution in [0.25, 0.3) is 0 Å². The van der Waals surface area contributed by atoms with Crippen LogP contribution in [0.2, 0.25) is 0 Å². The minimum absolute atomic E-state index is 0.000929.